The van der Waals surface area contributed by atoms with Crippen LogP contribution in [0.25, 0.3) is 0 Å². The molecule has 0 aromatic heterocycles. The molecular weight excluding hydrogens is 318 g/mol. The van der Waals surface area contributed by atoms with Crippen molar-refractivity contribution in [1.29, 1.82) is 0 Å². The minimum absolute atomic E-state index is 0.287. The molecule has 25 heavy (non-hydrogen) atoms. The number of halogens is 1. The fourth-order valence-corrected chi connectivity index (χ4v) is 2.75. The second kappa shape index (κ2) is 6.47. The number of aryl methyl sites for hydroxylation is 1. The van der Waals surface area contributed by atoms with Crippen LogP contribution in [0.2, 0.25) is 0 Å². The number of para-hydroxylation sites is 1. The highest BCUT2D eigenvalue weighted by molar-refractivity contribution is 6.62. The molecule has 0 bridgehead atoms. The van der Waals surface area contributed by atoms with Crippen molar-refractivity contribution in [2.24, 2.45) is 0 Å². The summed E-state index contributed by atoms with van der Waals surface area (Å²) < 4.78 is 32.0. The molecule has 0 unspecified atom stereocenters. The summed E-state index contributed by atoms with van der Waals surface area (Å²) in [5.74, 6) is 0.472. The van der Waals surface area contributed by atoms with E-state index in [2.05, 4.69) is 0 Å². The maximum Gasteiger partial charge on any atom is 0.494 e. The molecular formula is C20H24BFO3. The number of hydrogen-bond acceptors (Lipinski definition) is 3. The predicted octanol–water partition coefficient (Wildman–Crippen LogP) is 4.01. The van der Waals surface area contributed by atoms with Gasteiger partial charge in [0.15, 0.2) is 0 Å². The smallest absolute Gasteiger partial charge is 0.489 e. The van der Waals surface area contributed by atoms with Crippen LogP contribution in [-0.4, -0.2) is 18.3 Å². The topological polar surface area (TPSA) is 27.7 Å². The van der Waals surface area contributed by atoms with Crippen molar-refractivity contribution in [2.75, 3.05) is 0 Å². The van der Waals surface area contributed by atoms with Gasteiger partial charge in [0.05, 0.1) is 11.2 Å². The molecule has 0 saturated carbocycles. The van der Waals surface area contributed by atoms with Crippen LogP contribution >= 0.6 is 0 Å². The predicted molar refractivity (Wildman–Crippen MR) is 97.6 cm³/mol. The number of rotatable bonds is 4. The van der Waals surface area contributed by atoms with Crippen LogP contribution in [0.1, 0.15) is 38.8 Å². The van der Waals surface area contributed by atoms with Crippen LogP contribution < -0.4 is 10.2 Å². The molecule has 0 spiro atoms. The Balaban J connectivity index is 1.79. The van der Waals surface area contributed by atoms with E-state index in [0.29, 0.717) is 5.46 Å². The van der Waals surface area contributed by atoms with E-state index in [1.165, 1.54) is 12.1 Å². The minimum atomic E-state index is -0.585. The third-order valence-electron chi connectivity index (χ3n) is 4.99. The standard InChI is InChI=1S/C20H24BFO3/c1-14-8-6-7-9-18(14)23-13-15-10-16(12-17(22)11-15)21-24-19(2,3)20(4,5)25-21/h6-12H,13H2,1-5H3. The quantitative estimate of drug-likeness (QED) is 0.786. The summed E-state index contributed by atoms with van der Waals surface area (Å²) in [6.07, 6.45) is 0. The summed E-state index contributed by atoms with van der Waals surface area (Å²) in [4.78, 5) is 0. The molecule has 1 heterocycles. The highest BCUT2D eigenvalue weighted by atomic mass is 19.1. The molecule has 3 nitrogen and oxygen atoms in total. The monoisotopic (exact) mass is 342 g/mol. The maximum absolute atomic E-state index is 14.1. The van der Waals surface area contributed by atoms with Crippen molar-refractivity contribution in [3.05, 3.63) is 59.4 Å². The van der Waals surface area contributed by atoms with Gasteiger partial charge in [-0.1, -0.05) is 24.3 Å². The van der Waals surface area contributed by atoms with Crippen molar-refractivity contribution in [3.8, 4) is 5.75 Å². The Hall–Kier alpha value is -1.85. The summed E-state index contributed by atoms with van der Waals surface area (Å²) in [5.41, 5.74) is 1.55. The molecule has 5 heteroatoms. The molecule has 1 saturated heterocycles. The zero-order chi connectivity index (χ0) is 18.2. The van der Waals surface area contributed by atoms with Crippen LogP contribution in [0.15, 0.2) is 42.5 Å². The molecule has 0 radical (unpaired) electrons. The zero-order valence-electron chi connectivity index (χ0n) is 15.4. The second-order valence-corrected chi connectivity index (χ2v) is 7.54. The highest BCUT2D eigenvalue weighted by Crippen LogP contribution is 2.36. The summed E-state index contributed by atoms with van der Waals surface area (Å²) in [6.45, 7) is 10.2. The number of ether oxygens (including phenoxy) is 1. The Kier molecular flexibility index (Phi) is 4.65. The third-order valence-corrected chi connectivity index (χ3v) is 4.99. The maximum atomic E-state index is 14.1. The molecule has 2 aromatic carbocycles. The van der Waals surface area contributed by atoms with Gasteiger partial charge in [0, 0.05) is 0 Å². The first-order chi connectivity index (χ1) is 11.7. The van der Waals surface area contributed by atoms with Gasteiger partial charge in [0.25, 0.3) is 0 Å². The Labute approximate surface area is 149 Å². The van der Waals surface area contributed by atoms with Crippen molar-refractivity contribution >= 4 is 12.6 Å². The Morgan fingerprint density at radius 2 is 1.64 bits per heavy atom. The Morgan fingerprint density at radius 1 is 1.00 bits per heavy atom. The van der Waals surface area contributed by atoms with E-state index in [1.807, 2.05) is 65.0 Å². The lowest BCUT2D eigenvalue weighted by Crippen LogP contribution is -2.41. The molecule has 3 rings (SSSR count). The van der Waals surface area contributed by atoms with Crippen molar-refractivity contribution in [3.63, 3.8) is 0 Å². The SMILES string of the molecule is Cc1ccccc1OCc1cc(F)cc(B2OC(C)(C)C(C)(C)O2)c1. The van der Waals surface area contributed by atoms with Crippen LogP contribution in [0.5, 0.6) is 5.75 Å². The highest BCUT2D eigenvalue weighted by Gasteiger charge is 2.51. The first-order valence-corrected chi connectivity index (χ1v) is 8.51. The van der Waals surface area contributed by atoms with Crippen molar-refractivity contribution in [1.82, 2.24) is 0 Å². The molecule has 0 atom stereocenters. The zero-order valence-corrected chi connectivity index (χ0v) is 15.4. The van der Waals surface area contributed by atoms with Crippen LogP contribution in [-0.2, 0) is 15.9 Å². The van der Waals surface area contributed by atoms with Crippen molar-refractivity contribution in [2.45, 2.75) is 52.4 Å². The van der Waals surface area contributed by atoms with Gasteiger partial charge in [-0.15, -0.1) is 0 Å². The average Bonchev–Trinajstić information content (AvgIpc) is 2.74. The van der Waals surface area contributed by atoms with Gasteiger partial charge < -0.3 is 14.0 Å². The lowest BCUT2D eigenvalue weighted by molar-refractivity contribution is 0.00578. The molecule has 1 aliphatic rings. The number of benzene rings is 2. The van der Waals surface area contributed by atoms with Gasteiger partial charge in [-0.05, 0) is 69.4 Å². The lowest BCUT2D eigenvalue weighted by atomic mass is 9.78. The van der Waals surface area contributed by atoms with Gasteiger partial charge in [-0.2, -0.15) is 0 Å². The fourth-order valence-electron chi connectivity index (χ4n) is 2.75. The average molecular weight is 342 g/mol. The van der Waals surface area contributed by atoms with Crippen LogP contribution in [0.4, 0.5) is 4.39 Å². The Bertz CT molecular complexity index is 757. The van der Waals surface area contributed by atoms with E-state index in [0.717, 1.165) is 16.9 Å². The number of hydrogen-bond donors (Lipinski definition) is 0. The first-order valence-electron chi connectivity index (χ1n) is 8.51. The van der Waals surface area contributed by atoms with Gasteiger partial charge in [0.1, 0.15) is 18.2 Å². The van der Waals surface area contributed by atoms with Crippen molar-refractivity contribution < 1.29 is 18.4 Å². The van der Waals surface area contributed by atoms with Crippen LogP contribution in [0, 0.1) is 12.7 Å². The normalized spacial score (nSPS) is 18.4. The van der Waals surface area contributed by atoms with Gasteiger partial charge in [-0.3, -0.25) is 0 Å². The van der Waals surface area contributed by atoms with Crippen LogP contribution in [0.3, 0.4) is 0 Å². The molecule has 2 aromatic rings. The fraction of sp³-hybridized carbons (Fsp3) is 0.400. The summed E-state index contributed by atoms with van der Waals surface area (Å²) in [7, 11) is -0.585. The van der Waals surface area contributed by atoms with E-state index in [9.17, 15) is 4.39 Å². The van der Waals surface area contributed by atoms with E-state index in [1.54, 1.807) is 0 Å². The van der Waals surface area contributed by atoms with E-state index >= 15 is 0 Å². The summed E-state index contributed by atoms with van der Waals surface area (Å²) in [5, 5.41) is 0. The van der Waals surface area contributed by atoms with E-state index in [4.69, 9.17) is 14.0 Å². The van der Waals surface area contributed by atoms with E-state index < -0.39 is 18.3 Å². The van der Waals surface area contributed by atoms with Gasteiger partial charge >= 0.3 is 7.12 Å². The lowest BCUT2D eigenvalue weighted by Gasteiger charge is -2.32. The molecule has 1 fully saturated rings. The molecule has 0 amide bonds. The largest absolute Gasteiger partial charge is 0.494 e. The first kappa shape index (κ1) is 18.0. The molecule has 1 aliphatic heterocycles. The Morgan fingerprint density at radius 3 is 2.28 bits per heavy atom. The summed E-state index contributed by atoms with van der Waals surface area (Å²) >= 11 is 0. The molecule has 0 N–H and O–H groups in total. The van der Waals surface area contributed by atoms with E-state index in [-0.39, 0.29) is 12.4 Å². The third kappa shape index (κ3) is 3.72. The molecule has 132 valence electrons. The molecule has 0 aliphatic carbocycles. The summed E-state index contributed by atoms with van der Waals surface area (Å²) in [6, 6.07) is 12.6. The van der Waals surface area contributed by atoms with Gasteiger partial charge in [0.2, 0.25) is 0 Å². The van der Waals surface area contributed by atoms with Gasteiger partial charge in [-0.25, -0.2) is 4.39 Å². The second-order valence-electron chi connectivity index (χ2n) is 7.54. The minimum Gasteiger partial charge on any atom is -0.489 e.